The van der Waals surface area contributed by atoms with Crippen molar-refractivity contribution in [3.8, 4) is 0 Å². The van der Waals surface area contributed by atoms with Crippen LogP contribution in [0.25, 0.3) is 0 Å². The molecule has 18 heavy (non-hydrogen) atoms. The van der Waals surface area contributed by atoms with Gasteiger partial charge >= 0.3 is 0 Å². The number of hydrogen-bond donors (Lipinski definition) is 0. The van der Waals surface area contributed by atoms with E-state index in [1.165, 1.54) is 11.1 Å². The zero-order valence-electron chi connectivity index (χ0n) is 12.5. The molecule has 100 valence electrons. The molecule has 0 aliphatic carbocycles. The van der Waals surface area contributed by atoms with Crippen LogP contribution in [0.5, 0.6) is 0 Å². The van der Waals surface area contributed by atoms with Crippen molar-refractivity contribution in [1.29, 1.82) is 0 Å². The first-order chi connectivity index (χ1) is 8.51. The number of hydrogen-bond acceptors (Lipinski definition) is 1. The smallest absolute Gasteiger partial charge is 0.200 e. The first kappa shape index (κ1) is 14.6. The molecule has 0 aliphatic heterocycles. The Balaban J connectivity index is 3.34. The Hall–Kier alpha value is -1.51. The lowest BCUT2D eigenvalue weighted by atomic mass is 10.0. The first-order valence-electron chi connectivity index (χ1n) is 6.55. The maximum atomic E-state index is 4.87. The van der Waals surface area contributed by atoms with Crippen LogP contribution in [0.4, 0.5) is 5.69 Å². The molecule has 0 saturated heterocycles. The van der Waals surface area contributed by atoms with Crippen LogP contribution in [-0.2, 0) is 12.8 Å². The van der Waals surface area contributed by atoms with Crippen LogP contribution < -0.4 is 0 Å². The van der Waals surface area contributed by atoms with E-state index in [2.05, 4.69) is 32.0 Å². The van der Waals surface area contributed by atoms with E-state index in [1.807, 2.05) is 38.0 Å². The number of para-hydroxylation sites is 1. The fourth-order valence-electron chi connectivity index (χ4n) is 2.06. The van der Waals surface area contributed by atoms with E-state index in [1.54, 1.807) is 0 Å². The molecule has 1 rings (SSSR count). The van der Waals surface area contributed by atoms with Crippen LogP contribution >= 0.6 is 0 Å². The molecule has 0 amide bonds. The minimum absolute atomic E-state index is 0.977. The molecule has 0 heterocycles. The summed E-state index contributed by atoms with van der Waals surface area (Å²) in [5.74, 6) is 0.977. The highest BCUT2D eigenvalue weighted by Crippen LogP contribution is 2.26. The largest absolute Gasteiger partial charge is 0.349 e. The van der Waals surface area contributed by atoms with Crippen molar-refractivity contribution in [3.63, 3.8) is 0 Å². The van der Waals surface area contributed by atoms with Crippen LogP contribution in [0.3, 0.4) is 0 Å². The van der Waals surface area contributed by atoms with Crippen LogP contribution in [-0.4, -0.2) is 44.0 Å². The molecule has 0 N–H and O–H groups in total. The normalized spacial score (nSPS) is 10.1. The molecule has 0 fully saturated rings. The molecule has 0 bridgehead atoms. The molecule has 1 aromatic rings. The molecule has 3 heteroatoms. The van der Waals surface area contributed by atoms with Gasteiger partial charge in [-0.3, -0.25) is 0 Å². The molecule has 1 aromatic carbocycles. The average molecular weight is 247 g/mol. The Morgan fingerprint density at radius 1 is 0.944 bits per heavy atom. The summed E-state index contributed by atoms with van der Waals surface area (Å²) in [5.41, 5.74) is 3.77. The van der Waals surface area contributed by atoms with Crippen LogP contribution in [0.15, 0.2) is 23.2 Å². The highest BCUT2D eigenvalue weighted by molar-refractivity contribution is 5.83. The van der Waals surface area contributed by atoms with Crippen molar-refractivity contribution >= 4 is 11.6 Å². The van der Waals surface area contributed by atoms with E-state index in [-0.39, 0.29) is 0 Å². The van der Waals surface area contributed by atoms with Crippen molar-refractivity contribution in [2.45, 2.75) is 26.7 Å². The van der Waals surface area contributed by atoms with E-state index in [9.17, 15) is 0 Å². The fraction of sp³-hybridized carbons (Fsp3) is 0.533. The lowest BCUT2D eigenvalue weighted by Gasteiger charge is -2.23. The van der Waals surface area contributed by atoms with Gasteiger partial charge in [0.05, 0.1) is 5.69 Å². The summed E-state index contributed by atoms with van der Waals surface area (Å²) < 4.78 is 0. The minimum Gasteiger partial charge on any atom is -0.349 e. The number of aliphatic imine (C=N–C) groups is 1. The zero-order valence-corrected chi connectivity index (χ0v) is 12.5. The summed E-state index contributed by atoms with van der Waals surface area (Å²) in [4.78, 5) is 8.96. The van der Waals surface area contributed by atoms with Crippen molar-refractivity contribution in [3.05, 3.63) is 29.3 Å². The van der Waals surface area contributed by atoms with Gasteiger partial charge in [-0.1, -0.05) is 32.0 Å². The quantitative estimate of drug-likeness (QED) is 0.604. The maximum Gasteiger partial charge on any atom is 0.200 e. The van der Waals surface area contributed by atoms with E-state index >= 15 is 0 Å². The van der Waals surface area contributed by atoms with Crippen molar-refractivity contribution < 1.29 is 0 Å². The summed E-state index contributed by atoms with van der Waals surface area (Å²) in [6, 6.07) is 6.46. The van der Waals surface area contributed by atoms with Crippen LogP contribution in [0.2, 0.25) is 0 Å². The van der Waals surface area contributed by atoms with Gasteiger partial charge in [-0.2, -0.15) is 0 Å². The highest BCUT2D eigenvalue weighted by atomic mass is 15.3. The summed E-state index contributed by atoms with van der Waals surface area (Å²) >= 11 is 0. The van der Waals surface area contributed by atoms with Gasteiger partial charge in [0.15, 0.2) is 0 Å². The number of benzene rings is 1. The van der Waals surface area contributed by atoms with Gasteiger partial charge in [0.2, 0.25) is 5.96 Å². The number of nitrogens with zero attached hydrogens (tertiary/aromatic N) is 3. The molecule has 0 unspecified atom stereocenters. The van der Waals surface area contributed by atoms with E-state index in [0.29, 0.717) is 0 Å². The van der Waals surface area contributed by atoms with Gasteiger partial charge in [0, 0.05) is 28.2 Å². The minimum atomic E-state index is 0.977. The summed E-state index contributed by atoms with van der Waals surface area (Å²) in [7, 11) is 8.11. The monoisotopic (exact) mass is 247 g/mol. The lowest BCUT2D eigenvalue weighted by Crippen LogP contribution is -2.35. The molecule has 0 spiro atoms. The molecule has 0 aromatic heterocycles. The van der Waals surface area contributed by atoms with E-state index in [0.717, 1.165) is 24.5 Å². The Morgan fingerprint density at radius 3 is 1.72 bits per heavy atom. The highest BCUT2D eigenvalue weighted by Gasteiger charge is 2.09. The van der Waals surface area contributed by atoms with E-state index < -0.39 is 0 Å². The summed E-state index contributed by atoms with van der Waals surface area (Å²) in [6.07, 6.45) is 2.03. The third kappa shape index (κ3) is 3.25. The number of guanidine groups is 1. The topological polar surface area (TPSA) is 18.8 Å². The number of rotatable bonds is 3. The van der Waals surface area contributed by atoms with E-state index in [4.69, 9.17) is 4.99 Å². The Labute approximate surface area is 111 Å². The maximum absolute atomic E-state index is 4.87. The van der Waals surface area contributed by atoms with Crippen LogP contribution in [0, 0.1) is 0 Å². The second kappa shape index (κ2) is 6.43. The predicted molar refractivity (Wildman–Crippen MR) is 79.7 cm³/mol. The lowest BCUT2D eigenvalue weighted by molar-refractivity contribution is 0.484. The zero-order chi connectivity index (χ0) is 13.7. The second-order valence-corrected chi connectivity index (χ2v) is 4.83. The Bertz CT molecular complexity index is 387. The summed E-state index contributed by atoms with van der Waals surface area (Å²) in [6.45, 7) is 4.36. The van der Waals surface area contributed by atoms with Gasteiger partial charge < -0.3 is 9.80 Å². The van der Waals surface area contributed by atoms with Crippen LogP contribution in [0.1, 0.15) is 25.0 Å². The molecule has 0 aliphatic rings. The van der Waals surface area contributed by atoms with Gasteiger partial charge in [-0.25, -0.2) is 4.99 Å². The molecular formula is C15H25N3. The third-order valence-electron chi connectivity index (χ3n) is 2.98. The molecular weight excluding hydrogens is 222 g/mol. The van der Waals surface area contributed by atoms with Crippen molar-refractivity contribution in [2.75, 3.05) is 28.2 Å². The molecule has 0 radical (unpaired) electrons. The predicted octanol–water partition coefficient (Wildman–Crippen LogP) is 2.92. The van der Waals surface area contributed by atoms with Crippen molar-refractivity contribution in [1.82, 2.24) is 9.80 Å². The second-order valence-electron chi connectivity index (χ2n) is 4.83. The molecule has 0 saturated carbocycles. The average Bonchev–Trinajstić information content (AvgIpc) is 2.34. The number of aryl methyl sites for hydroxylation is 2. The summed E-state index contributed by atoms with van der Waals surface area (Å²) in [5, 5.41) is 0. The first-order valence-corrected chi connectivity index (χ1v) is 6.55. The van der Waals surface area contributed by atoms with Gasteiger partial charge in [0.1, 0.15) is 0 Å². The molecule has 0 atom stereocenters. The Morgan fingerprint density at radius 2 is 1.39 bits per heavy atom. The SMILES string of the molecule is CCc1cccc(CC)c1N=C(N(C)C)N(C)C. The molecule has 3 nitrogen and oxygen atoms in total. The van der Waals surface area contributed by atoms with Gasteiger partial charge in [-0.15, -0.1) is 0 Å². The van der Waals surface area contributed by atoms with Gasteiger partial charge in [0.25, 0.3) is 0 Å². The Kier molecular flexibility index (Phi) is 5.20. The van der Waals surface area contributed by atoms with Gasteiger partial charge in [-0.05, 0) is 24.0 Å². The third-order valence-corrected chi connectivity index (χ3v) is 2.98. The van der Waals surface area contributed by atoms with Crippen molar-refractivity contribution in [2.24, 2.45) is 4.99 Å². The standard InChI is InChI=1S/C15H25N3/c1-7-12-10-9-11-13(8-2)14(12)16-15(17(3)4)18(5)6/h9-11H,7-8H2,1-6H3. The fourth-order valence-corrected chi connectivity index (χ4v) is 2.06.